The second-order valence-electron chi connectivity index (χ2n) is 6.71. The van der Waals surface area contributed by atoms with Crippen LogP contribution < -0.4 is 16.6 Å². The van der Waals surface area contributed by atoms with Crippen molar-refractivity contribution in [2.24, 2.45) is 14.1 Å². The number of hydrogen-bond donors (Lipinski definition) is 2. The van der Waals surface area contributed by atoms with Gasteiger partial charge in [-0.25, -0.2) is 4.79 Å². The van der Waals surface area contributed by atoms with E-state index in [0.717, 1.165) is 28.2 Å². The third kappa shape index (κ3) is 6.71. The molecule has 2 rings (SSSR count). The van der Waals surface area contributed by atoms with Crippen LogP contribution in [0.4, 0.5) is 11.5 Å². The van der Waals surface area contributed by atoms with Gasteiger partial charge in [0, 0.05) is 56.8 Å². The topological polar surface area (TPSA) is 123 Å². The zero-order valence-corrected chi connectivity index (χ0v) is 17.9. The van der Waals surface area contributed by atoms with Gasteiger partial charge in [0.2, 0.25) is 0 Å². The van der Waals surface area contributed by atoms with E-state index in [1.165, 1.54) is 29.8 Å². The summed E-state index contributed by atoms with van der Waals surface area (Å²) in [7, 11) is 3.04. The van der Waals surface area contributed by atoms with Crippen LogP contribution in [0.5, 0.6) is 0 Å². The van der Waals surface area contributed by atoms with Crippen molar-refractivity contribution in [2.75, 3.05) is 43.9 Å². The lowest BCUT2D eigenvalue weighted by molar-refractivity contribution is -0.384. The Balaban J connectivity index is 1.79. The van der Waals surface area contributed by atoms with Crippen LogP contribution in [0.25, 0.3) is 0 Å². The van der Waals surface area contributed by atoms with Gasteiger partial charge in [-0.05, 0) is 30.9 Å². The molecule has 0 aliphatic heterocycles. The number of anilines is 1. The zero-order chi connectivity index (χ0) is 22.1. The van der Waals surface area contributed by atoms with Crippen LogP contribution in [-0.2, 0) is 14.1 Å². The van der Waals surface area contributed by atoms with Crippen molar-refractivity contribution in [3.8, 4) is 0 Å². The quantitative estimate of drug-likeness (QED) is 0.217. The molecule has 0 saturated heterocycles. The van der Waals surface area contributed by atoms with Crippen molar-refractivity contribution in [1.29, 1.82) is 0 Å². The predicted molar refractivity (Wildman–Crippen MR) is 117 cm³/mol. The molecule has 0 fully saturated rings. The SMILES string of the molecule is Cn1c(NCCN(CCO)CCCSc2ccc([N+](=O)[O-])cc2)cc(=O)n(C)c1=O. The summed E-state index contributed by atoms with van der Waals surface area (Å²) in [6.07, 6.45) is 0.881. The van der Waals surface area contributed by atoms with E-state index in [-0.39, 0.29) is 23.5 Å². The van der Waals surface area contributed by atoms with E-state index in [1.54, 1.807) is 30.9 Å². The minimum atomic E-state index is -0.416. The van der Waals surface area contributed by atoms with Crippen molar-refractivity contribution < 1.29 is 10.0 Å². The fourth-order valence-electron chi connectivity index (χ4n) is 2.86. The van der Waals surface area contributed by atoms with Crippen LogP contribution in [0.15, 0.2) is 44.8 Å². The molecule has 0 atom stereocenters. The van der Waals surface area contributed by atoms with Crippen molar-refractivity contribution in [2.45, 2.75) is 11.3 Å². The first-order valence-electron chi connectivity index (χ1n) is 9.55. The lowest BCUT2D eigenvalue weighted by Crippen LogP contribution is -2.38. The van der Waals surface area contributed by atoms with Crippen molar-refractivity contribution in [1.82, 2.24) is 14.0 Å². The van der Waals surface area contributed by atoms with Gasteiger partial charge in [-0.3, -0.25) is 28.9 Å². The number of aliphatic hydroxyl groups is 1. The smallest absolute Gasteiger partial charge is 0.332 e. The molecule has 0 bridgehead atoms. The van der Waals surface area contributed by atoms with Crippen LogP contribution in [-0.4, -0.2) is 62.6 Å². The van der Waals surface area contributed by atoms with E-state index < -0.39 is 4.92 Å². The molecule has 1 aromatic heterocycles. The Kier molecular flexibility index (Phi) is 9.09. The zero-order valence-electron chi connectivity index (χ0n) is 17.1. The minimum Gasteiger partial charge on any atom is -0.395 e. The molecule has 0 spiro atoms. The molecule has 0 amide bonds. The maximum absolute atomic E-state index is 12.0. The Hall–Kier alpha value is -2.63. The summed E-state index contributed by atoms with van der Waals surface area (Å²) in [6, 6.07) is 7.87. The normalized spacial score (nSPS) is 11.1. The number of non-ortho nitro benzene ring substituents is 1. The summed E-state index contributed by atoms with van der Waals surface area (Å²) in [4.78, 5) is 37.1. The summed E-state index contributed by atoms with van der Waals surface area (Å²) in [5, 5.41) is 23.1. The maximum Gasteiger partial charge on any atom is 0.332 e. The molecule has 0 unspecified atom stereocenters. The summed E-state index contributed by atoms with van der Waals surface area (Å²) < 4.78 is 2.43. The third-order valence-electron chi connectivity index (χ3n) is 4.61. The molecule has 0 saturated carbocycles. The number of nitrogens with one attached hydrogen (secondary N) is 1. The van der Waals surface area contributed by atoms with E-state index in [1.807, 2.05) is 0 Å². The summed E-state index contributed by atoms with van der Waals surface area (Å²) in [6.45, 7) is 2.51. The molecule has 0 aliphatic rings. The van der Waals surface area contributed by atoms with Gasteiger partial charge < -0.3 is 10.4 Å². The Morgan fingerprint density at radius 1 is 1.13 bits per heavy atom. The highest BCUT2D eigenvalue weighted by Gasteiger charge is 2.08. The first-order valence-corrected chi connectivity index (χ1v) is 10.5. The monoisotopic (exact) mass is 437 g/mol. The number of nitrogens with zero attached hydrogens (tertiary/aromatic N) is 4. The van der Waals surface area contributed by atoms with Crippen molar-refractivity contribution in [3.05, 3.63) is 61.3 Å². The van der Waals surface area contributed by atoms with Crippen LogP contribution in [0.3, 0.4) is 0 Å². The van der Waals surface area contributed by atoms with Gasteiger partial charge in [-0.2, -0.15) is 0 Å². The molecule has 2 aromatic rings. The van der Waals surface area contributed by atoms with Crippen LogP contribution in [0.2, 0.25) is 0 Å². The van der Waals surface area contributed by atoms with E-state index in [0.29, 0.717) is 25.5 Å². The Bertz CT molecular complexity index is 957. The number of rotatable bonds is 12. The van der Waals surface area contributed by atoms with Crippen LogP contribution in [0, 0.1) is 10.1 Å². The Morgan fingerprint density at radius 2 is 1.83 bits per heavy atom. The van der Waals surface area contributed by atoms with Gasteiger partial charge in [0.15, 0.2) is 0 Å². The van der Waals surface area contributed by atoms with E-state index >= 15 is 0 Å². The molecule has 2 N–H and O–H groups in total. The number of nitro benzene ring substituents is 1. The average Bonchev–Trinajstić information content (AvgIpc) is 2.73. The second kappa shape index (κ2) is 11.5. The van der Waals surface area contributed by atoms with Gasteiger partial charge in [0.1, 0.15) is 5.82 Å². The van der Waals surface area contributed by atoms with E-state index in [9.17, 15) is 24.8 Å². The second-order valence-corrected chi connectivity index (χ2v) is 7.88. The standard InChI is InChI=1S/C19H27N5O5S/c1-21-17(14-18(26)22(2)19(21)27)20-8-10-23(11-12-25)9-3-13-30-16-6-4-15(5-7-16)24(28)29/h4-7,14,20,25H,3,8-13H2,1-2H3. The largest absolute Gasteiger partial charge is 0.395 e. The third-order valence-corrected chi connectivity index (χ3v) is 5.71. The first-order chi connectivity index (χ1) is 14.3. The van der Waals surface area contributed by atoms with Gasteiger partial charge in [-0.15, -0.1) is 11.8 Å². The van der Waals surface area contributed by atoms with Crippen LogP contribution in [0.1, 0.15) is 6.42 Å². The highest BCUT2D eigenvalue weighted by atomic mass is 32.2. The number of aliphatic hydroxyl groups excluding tert-OH is 1. The minimum absolute atomic E-state index is 0.0415. The fourth-order valence-corrected chi connectivity index (χ4v) is 3.70. The summed E-state index contributed by atoms with van der Waals surface area (Å²) >= 11 is 1.63. The molecule has 0 aliphatic carbocycles. The number of benzene rings is 1. The molecule has 164 valence electrons. The van der Waals surface area contributed by atoms with Gasteiger partial charge >= 0.3 is 5.69 Å². The maximum atomic E-state index is 12.0. The number of hydrogen-bond acceptors (Lipinski definition) is 8. The molecule has 10 nitrogen and oxygen atoms in total. The lowest BCUT2D eigenvalue weighted by Gasteiger charge is -2.22. The molecule has 0 radical (unpaired) electrons. The average molecular weight is 438 g/mol. The van der Waals surface area contributed by atoms with E-state index in [4.69, 9.17) is 0 Å². The first kappa shape index (κ1) is 23.6. The van der Waals surface area contributed by atoms with Gasteiger partial charge in [0.25, 0.3) is 11.2 Å². The molecular weight excluding hydrogens is 410 g/mol. The summed E-state index contributed by atoms with van der Waals surface area (Å²) in [5.41, 5.74) is -0.675. The number of thioether (sulfide) groups is 1. The highest BCUT2D eigenvalue weighted by Crippen LogP contribution is 2.21. The predicted octanol–water partition coefficient (Wildman–Crippen LogP) is 0.881. The number of aromatic nitrogens is 2. The highest BCUT2D eigenvalue weighted by molar-refractivity contribution is 7.99. The molecular formula is C19H27N5O5S. The van der Waals surface area contributed by atoms with Crippen molar-refractivity contribution >= 4 is 23.3 Å². The molecule has 11 heteroatoms. The Labute approximate surface area is 178 Å². The van der Waals surface area contributed by atoms with E-state index in [2.05, 4.69) is 10.2 Å². The molecule has 30 heavy (non-hydrogen) atoms. The van der Waals surface area contributed by atoms with Gasteiger partial charge in [0.05, 0.1) is 11.5 Å². The molecule has 1 aromatic carbocycles. The van der Waals surface area contributed by atoms with Crippen LogP contribution >= 0.6 is 11.8 Å². The molecule has 1 heterocycles. The van der Waals surface area contributed by atoms with Gasteiger partial charge in [-0.1, -0.05) is 0 Å². The van der Waals surface area contributed by atoms with Crippen molar-refractivity contribution in [3.63, 3.8) is 0 Å². The lowest BCUT2D eigenvalue weighted by atomic mass is 10.3. The summed E-state index contributed by atoms with van der Waals surface area (Å²) in [5.74, 6) is 1.30. The Morgan fingerprint density at radius 3 is 2.47 bits per heavy atom. The fraction of sp³-hybridized carbons (Fsp3) is 0.474. The number of nitro groups is 1.